The largest absolute Gasteiger partial charge is 0.381 e. The molecule has 1 aromatic heterocycles. The maximum atomic E-state index is 13.8. The van der Waals surface area contributed by atoms with Crippen LogP contribution in [0.3, 0.4) is 0 Å². The number of nitrogens with zero attached hydrogens (tertiary/aromatic N) is 2. The van der Waals surface area contributed by atoms with Crippen LogP contribution in [-0.4, -0.2) is 18.1 Å². The number of fused-ring (bicyclic) bond motifs is 1. The first-order chi connectivity index (χ1) is 12.6. The molecule has 0 saturated carbocycles. The average Bonchev–Trinajstić information content (AvgIpc) is 3.15. The van der Waals surface area contributed by atoms with Crippen LogP contribution in [0, 0.1) is 18.6 Å². The molecule has 3 aromatic rings. The summed E-state index contributed by atoms with van der Waals surface area (Å²) in [6, 6.07) is 12.0. The van der Waals surface area contributed by atoms with Crippen molar-refractivity contribution in [3.63, 3.8) is 0 Å². The Morgan fingerprint density at radius 2 is 1.77 bits per heavy atom. The lowest BCUT2D eigenvalue weighted by atomic mass is 10.1. The van der Waals surface area contributed by atoms with E-state index in [9.17, 15) is 8.78 Å². The van der Waals surface area contributed by atoms with Gasteiger partial charge in [-0.3, -0.25) is 4.98 Å². The van der Waals surface area contributed by atoms with Gasteiger partial charge in [0.05, 0.1) is 5.52 Å². The number of nitrogens with one attached hydrogen (secondary N) is 1. The van der Waals surface area contributed by atoms with Crippen LogP contribution < -0.4 is 10.2 Å². The summed E-state index contributed by atoms with van der Waals surface area (Å²) in [4.78, 5) is 7.05. The van der Waals surface area contributed by atoms with Crippen molar-refractivity contribution in [2.45, 2.75) is 26.3 Å². The van der Waals surface area contributed by atoms with Gasteiger partial charge in [-0.2, -0.15) is 0 Å². The number of aromatic nitrogens is 1. The molecule has 3 nitrogen and oxygen atoms in total. The van der Waals surface area contributed by atoms with Crippen LogP contribution in [0.2, 0.25) is 0 Å². The first-order valence-electron chi connectivity index (χ1n) is 8.95. The minimum absolute atomic E-state index is 0.0440. The van der Waals surface area contributed by atoms with Gasteiger partial charge in [-0.05, 0) is 56.2 Å². The Bertz CT molecular complexity index is 929. The van der Waals surface area contributed by atoms with Crippen molar-refractivity contribution >= 4 is 22.3 Å². The molecule has 1 aliphatic heterocycles. The maximum Gasteiger partial charge on any atom is 0.131 e. The maximum absolute atomic E-state index is 13.8. The summed E-state index contributed by atoms with van der Waals surface area (Å²) in [6.45, 7) is 4.23. The van der Waals surface area contributed by atoms with E-state index in [1.165, 1.54) is 36.7 Å². The van der Waals surface area contributed by atoms with Crippen molar-refractivity contribution in [2.75, 3.05) is 23.3 Å². The summed E-state index contributed by atoms with van der Waals surface area (Å²) in [5.41, 5.74) is 3.92. The molecule has 1 fully saturated rings. The fourth-order valence-corrected chi connectivity index (χ4v) is 3.56. The minimum atomic E-state index is -0.538. The zero-order valence-electron chi connectivity index (χ0n) is 14.7. The highest BCUT2D eigenvalue weighted by molar-refractivity contribution is 5.94. The summed E-state index contributed by atoms with van der Waals surface area (Å²) < 4.78 is 27.6. The van der Waals surface area contributed by atoms with Crippen LogP contribution in [-0.2, 0) is 6.54 Å². The molecule has 1 N–H and O–H groups in total. The third-order valence-electron chi connectivity index (χ3n) is 4.89. The SMILES string of the molecule is Cc1cc(N2CCCC2)c2ccc(NCc3c(F)cccc3F)cc2n1. The Morgan fingerprint density at radius 3 is 2.50 bits per heavy atom. The van der Waals surface area contributed by atoms with Crippen LogP contribution in [0.25, 0.3) is 10.9 Å². The summed E-state index contributed by atoms with van der Waals surface area (Å²) >= 11 is 0. The zero-order valence-corrected chi connectivity index (χ0v) is 14.7. The van der Waals surface area contributed by atoms with E-state index in [1.807, 2.05) is 25.1 Å². The molecule has 2 aromatic carbocycles. The molecule has 0 spiro atoms. The highest BCUT2D eigenvalue weighted by Crippen LogP contribution is 2.31. The third kappa shape index (κ3) is 3.21. The van der Waals surface area contributed by atoms with E-state index in [1.54, 1.807) is 0 Å². The number of pyridine rings is 1. The fraction of sp³-hybridized carbons (Fsp3) is 0.286. The van der Waals surface area contributed by atoms with Gasteiger partial charge in [0.1, 0.15) is 11.6 Å². The first kappa shape index (κ1) is 16.8. The lowest BCUT2D eigenvalue weighted by Crippen LogP contribution is -2.18. The number of halogens is 2. The number of hydrogen-bond donors (Lipinski definition) is 1. The monoisotopic (exact) mass is 353 g/mol. The molecule has 134 valence electrons. The van der Waals surface area contributed by atoms with Crippen molar-refractivity contribution in [1.82, 2.24) is 4.98 Å². The lowest BCUT2D eigenvalue weighted by molar-refractivity contribution is 0.560. The number of rotatable bonds is 4. The van der Waals surface area contributed by atoms with E-state index < -0.39 is 11.6 Å². The number of aryl methyl sites for hydroxylation is 1. The molecular weight excluding hydrogens is 332 g/mol. The normalized spacial score (nSPS) is 14.2. The van der Waals surface area contributed by atoms with E-state index in [4.69, 9.17) is 0 Å². The minimum Gasteiger partial charge on any atom is -0.381 e. The van der Waals surface area contributed by atoms with Gasteiger partial charge in [-0.15, -0.1) is 0 Å². The van der Waals surface area contributed by atoms with Gasteiger partial charge in [0, 0.05) is 47.7 Å². The van der Waals surface area contributed by atoms with Gasteiger partial charge in [0.2, 0.25) is 0 Å². The predicted octanol–water partition coefficient (Wildman–Crippen LogP) is 5.03. The molecule has 0 bridgehead atoms. The standard InChI is InChI=1S/C21H21F2N3/c1-14-11-21(26-9-2-3-10-26)16-8-7-15(12-20(16)25-14)24-13-17-18(22)5-4-6-19(17)23/h4-8,11-12,24H,2-3,9-10,13H2,1H3. The molecule has 0 radical (unpaired) electrons. The van der Waals surface area contributed by atoms with Crippen molar-refractivity contribution in [3.8, 4) is 0 Å². The molecule has 0 unspecified atom stereocenters. The summed E-state index contributed by atoms with van der Waals surface area (Å²) in [6.07, 6.45) is 2.44. The Labute approximate surface area is 151 Å². The van der Waals surface area contributed by atoms with E-state index in [0.717, 1.165) is 35.4 Å². The van der Waals surface area contributed by atoms with E-state index in [-0.39, 0.29) is 12.1 Å². The van der Waals surface area contributed by atoms with Crippen LogP contribution in [0.15, 0.2) is 42.5 Å². The van der Waals surface area contributed by atoms with Crippen LogP contribution in [0.1, 0.15) is 24.1 Å². The number of anilines is 2. The average molecular weight is 353 g/mol. The Kier molecular flexibility index (Phi) is 4.45. The van der Waals surface area contributed by atoms with Crippen LogP contribution in [0.4, 0.5) is 20.2 Å². The van der Waals surface area contributed by atoms with Gasteiger partial charge >= 0.3 is 0 Å². The molecule has 4 rings (SSSR count). The van der Waals surface area contributed by atoms with E-state index >= 15 is 0 Å². The summed E-state index contributed by atoms with van der Waals surface area (Å²) in [7, 11) is 0. The quantitative estimate of drug-likeness (QED) is 0.713. The molecule has 26 heavy (non-hydrogen) atoms. The molecule has 5 heteroatoms. The van der Waals surface area contributed by atoms with Gasteiger partial charge in [0.15, 0.2) is 0 Å². The number of benzene rings is 2. The second kappa shape index (κ2) is 6.90. The Hall–Kier alpha value is -2.69. The van der Waals surface area contributed by atoms with Crippen LogP contribution in [0.5, 0.6) is 0 Å². The second-order valence-corrected chi connectivity index (χ2v) is 6.76. The smallest absolute Gasteiger partial charge is 0.131 e. The van der Waals surface area contributed by atoms with Gasteiger partial charge in [-0.1, -0.05) is 6.07 Å². The van der Waals surface area contributed by atoms with Gasteiger partial charge < -0.3 is 10.2 Å². The van der Waals surface area contributed by atoms with E-state index in [2.05, 4.69) is 21.3 Å². The number of hydrogen-bond acceptors (Lipinski definition) is 3. The third-order valence-corrected chi connectivity index (χ3v) is 4.89. The Morgan fingerprint density at radius 1 is 1.04 bits per heavy atom. The highest BCUT2D eigenvalue weighted by Gasteiger charge is 2.16. The first-order valence-corrected chi connectivity index (χ1v) is 8.95. The second-order valence-electron chi connectivity index (χ2n) is 6.76. The summed E-state index contributed by atoms with van der Waals surface area (Å²) in [5.74, 6) is -1.08. The Balaban J connectivity index is 1.63. The molecular formula is C21H21F2N3. The van der Waals surface area contributed by atoms with Crippen LogP contribution >= 0.6 is 0 Å². The van der Waals surface area contributed by atoms with E-state index in [0.29, 0.717) is 0 Å². The summed E-state index contributed by atoms with van der Waals surface area (Å²) in [5, 5.41) is 4.22. The van der Waals surface area contributed by atoms with Gasteiger partial charge in [-0.25, -0.2) is 8.78 Å². The molecule has 1 saturated heterocycles. The lowest BCUT2D eigenvalue weighted by Gasteiger charge is -2.20. The molecule has 1 aliphatic rings. The van der Waals surface area contributed by atoms with Crippen molar-refractivity contribution in [3.05, 3.63) is 65.4 Å². The molecule has 2 heterocycles. The van der Waals surface area contributed by atoms with Gasteiger partial charge in [0.25, 0.3) is 0 Å². The van der Waals surface area contributed by atoms with Crippen molar-refractivity contribution < 1.29 is 8.78 Å². The topological polar surface area (TPSA) is 28.2 Å². The highest BCUT2D eigenvalue weighted by atomic mass is 19.1. The predicted molar refractivity (Wildman–Crippen MR) is 102 cm³/mol. The molecule has 0 aliphatic carbocycles. The zero-order chi connectivity index (χ0) is 18.1. The molecule has 0 atom stereocenters. The van der Waals surface area contributed by atoms with Crippen molar-refractivity contribution in [1.29, 1.82) is 0 Å². The molecule has 0 amide bonds. The fourth-order valence-electron chi connectivity index (χ4n) is 3.56. The van der Waals surface area contributed by atoms with Crippen molar-refractivity contribution in [2.24, 2.45) is 0 Å².